The first-order valence-electron chi connectivity index (χ1n) is 6.47. The summed E-state index contributed by atoms with van der Waals surface area (Å²) in [5, 5.41) is 17.3. The van der Waals surface area contributed by atoms with Gasteiger partial charge in [-0.15, -0.1) is 0 Å². The second kappa shape index (κ2) is 5.98. The first-order chi connectivity index (χ1) is 8.66. The van der Waals surface area contributed by atoms with Gasteiger partial charge in [0.25, 0.3) is 0 Å². The molecule has 2 rings (SSSR count). The fraction of sp³-hybridized carbons (Fsp3) is 0.500. The number of benzene rings is 1. The minimum absolute atomic E-state index is 0.110. The standard InChI is InChI=1S/C14H21N3O/c15-14(16)9-13(11-5-2-1-3-6-11)17-8-4-7-12(18)10-17/h1-3,5-6,12-13,18H,4,7-10H2,(H3,15,16). The van der Waals surface area contributed by atoms with Crippen LogP contribution in [0.25, 0.3) is 0 Å². The molecule has 0 spiro atoms. The average molecular weight is 247 g/mol. The number of piperidine rings is 1. The van der Waals surface area contributed by atoms with E-state index in [1.54, 1.807) is 0 Å². The number of β-amino-alcohol motifs (C(OH)–C–C–N with tert-alkyl or cyclic N) is 1. The van der Waals surface area contributed by atoms with Crippen LogP contribution < -0.4 is 5.73 Å². The fourth-order valence-corrected chi connectivity index (χ4v) is 2.61. The van der Waals surface area contributed by atoms with Gasteiger partial charge < -0.3 is 10.8 Å². The monoisotopic (exact) mass is 247 g/mol. The molecule has 0 saturated carbocycles. The van der Waals surface area contributed by atoms with Gasteiger partial charge in [-0.3, -0.25) is 10.3 Å². The number of nitrogens with two attached hydrogens (primary N) is 1. The maximum atomic E-state index is 9.78. The summed E-state index contributed by atoms with van der Waals surface area (Å²) < 4.78 is 0. The van der Waals surface area contributed by atoms with Gasteiger partial charge >= 0.3 is 0 Å². The van der Waals surface area contributed by atoms with Crippen molar-refractivity contribution in [3.8, 4) is 0 Å². The Hall–Kier alpha value is -1.39. The van der Waals surface area contributed by atoms with Gasteiger partial charge in [0.15, 0.2) is 0 Å². The van der Waals surface area contributed by atoms with E-state index in [4.69, 9.17) is 11.1 Å². The molecule has 1 heterocycles. The number of nitrogens with zero attached hydrogens (tertiary/aromatic N) is 1. The zero-order valence-electron chi connectivity index (χ0n) is 10.5. The maximum Gasteiger partial charge on any atom is 0.0924 e. The Kier molecular flexibility index (Phi) is 4.33. The summed E-state index contributed by atoms with van der Waals surface area (Å²) in [6.07, 6.45) is 2.15. The summed E-state index contributed by atoms with van der Waals surface area (Å²) in [4.78, 5) is 2.24. The van der Waals surface area contributed by atoms with E-state index in [0.717, 1.165) is 19.4 Å². The molecular formula is C14H21N3O. The number of hydrogen-bond acceptors (Lipinski definition) is 3. The summed E-state index contributed by atoms with van der Waals surface area (Å²) in [6, 6.07) is 10.2. The van der Waals surface area contributed by atoms with Crippen LogP contribution in [0.15, 0.2) is 30.3 Å². The van der Waals surface area contributed by atoms with Gasteiger partial charge in [0.2, 0.25) is 0 Å². The summed E-state index contributed by atoms with van der Waals surface area (Å²) >= 11 is 0. The summed E-state index contributed by atoms with van der Waals surface area (Å²) in [6.45, 7) is 1.64. The highest BCUT2D eigenvalue weighted by atomic mass is 16.3. The lowest BCUT2D eigenvalue weighted by molar-refractivity contribution is 0.0475. The first kappa shape index (κ1) is 13.1. The lowest BCUT2D eigenvalue weighted by Gasteiger charge is -2.36. The van der Waals surface area contributed by atoms with Crippen LogP contribution >= 0.6 is 0 Å². The van der Waals surface area contributed by atoms with E-state index >= 15 is 0 Å². The molecule has 0 radical (unpaired) electrons. The second-order valence-corrected chi connectivity index (χ2v) is 4.95. The zero-order valence-corrected chi connectivity index (χ0v) is 10.5. The number of amidine groups is 1. The van der Waals surface area contributed by atoms with Crippen molar-refractivity contribution < 1.29 is 5.11 Å². The third-order valence-electron chi connectivity index (χ3n) is 3.47. The Morgan fingerprint density at radius 3 is 2.78 bits per heavy atom. The number of nitrogens with one attached hydrogen (secondary N) is 1. The Morgan fingerprint density at radius 1 is 1.44 bits per heavy atom. The molecule has 4 nitrogen and oxygen atoms in total. The van der Waals surface area contributed by atoms with E-state index in [1.165, 1.54) is 5.56 Å². The molecule has 4 N–H and O–H groups in total. The third kappa shape index (κ3) is 3.31. The highest BCUT2D eigenvalue weighted by Crippen LogP contribution is 2.27. The lowest BCUT2D eigenvalue weighted by Crippen LogP contribution is -2.41. The normalized spacial score (nSPS) is 22.6. The van der Waals surface area contributed by atoms with Crippen LogP contribution in [0, 0.1) is 5.41 Å². The minimum atomic E-state index is -0.253. The minimum Gasteiger partial charge on any atom is -0.392 e. The summed E-state index contributed by atoms with van der Waals surface area (Å²) in [7, 11) is 0. The van der Waals surface area contributed by atoms with E-state index in [-0.39, 0.29) is 18.0 Å². The fourth-order valence-electron chi connectivity index (χ4n) is 2.61. The van der Waals surface area contributed by atoms with Crippen LogP contribution in [-0.4, -0.2) is 35.0 Å². The Bertz CT molecular complexity index is 393. The number of rotatable bonds is 4. The van der Waals surface area contributed by atoms with Crippen molar-refractivity contribution in [3.63, 3.8) is 0 Å². The number of hydrogen-bond donors (Lipinski definition) is 3. The summed E-state index contributed by atoms with van der Waals surface area (Å²) in [5.41, 5.74) is 6.73. The molecule has 0 aliphatic carbocycles. The molecule has 1 aliphatic rings. The molecule has 2 unspecified atom stereocenters. The number of likely N-dealkylation sites (tertiary alicyclic amines) is 1. The summed E-state index contributed by atoms with van der Waals surface area (Å²) in [5.74, 6) is 0.198. The van der Waals surface area contributed by atoms with Crippen LogP contribution in [0.4, 0.5) is 0 Å². The molecule has 18 heavy (non-hydrogen) atoms. The van der Waals surface area contributed by atoms with E-state index in [9.17, 15) is 5.11 Å². The van der Waals surface area contributed by atoms with E-state index in [2.05, 4.69) is 17.0 Å². The topological polar surface area (TPSA) is 73.3 Å². The van der Waals surface area contributed by atoms with Gasteiger partial charge in [-0.2, -0.15) is 0 Å². The van der Waals surface area contributed by atoms with Crippen LogP contribution in [-0.2, 0) is 0 Å². The van der Waals surface area contributed by atoms with Crippen LogP contribution in [0.5, 0.6) is 0 Å². The van der Waals surface area contributed by atoms with E-state index < -0.39 is 0 Å². The van der Waals surface area contributed by atoms with Gasteiger partial charge in [0.1, 0.15) is 0 Å². The van der Waals surface area contributed by atoms with E-state index in [0.29, 0.717) is 13.0 Å². The average Bonchev–Trinajstić information content (AvgIpc) is 2.37. The van der Waals surface area contributed by atoms with Crippen LogP contribution in [0.2, 0.25) is 0 Å². The molecular weight excluding hydrogens is 226 g/mol. The van der Waals surface area contributed by atoms with Crippen molar-refractivity contribution in [3.05, 3.63) is 35.9 Å². The molecule has 1 aromatic rings. The van der Waals surface area contributed by atoms with Gasteiger partial charge in [-0.1, -0.05) is 30.3 Å². The lowest BCUT2D eigenvalue weighted by atomic mass is 9.98. The number of aliphatic hydroxyl groups excluding tert-OH is 1. The first-order valence-corrected chi connectivity index (χ1v) is 6.47. The number of aliphatic hydroxyl groups is 1. The second-order valence-electron chi connectivity index (χ2n) is 4.95. The molecule has 1 aromatic carbocycles. The maximum absolute atomic E-state index is 9.78. The molecule has 98 valence electrons. The van der Waals surface area contributed by atoms with Crippen molar-refractivity contribution in [1.82, 2.24) is 4.90 Å². The largest absolute Gasteiger partial charge is 0.392 e. The van der Waals surface area contributed by atoms with Gasteiger partial charge in [-0.05, 0) is 24.9 Å². The Balaban J connectivity index is 2.16. The molecule has 4 heteroatoms. The Morgan fingerprint density at radius 2 is 2.17 bits per heavy atom. The van der Waals surface area contributed by atoms with Gasteiger partial charge in [0.05, 0.1) is 11.9 Å². The van der Waals surface area contributed by atoms with Gasteiger partial charge in [0, 0.05) is 19.0 Å². The van der Waals surface area contributed by atoms with Crippen molar-refractivity contribution in [2.24, 2.45) is 5.73 Å². The molecule has 0 amide bonds. The SMILES string of the molecule is N=C(N)CC(c1ccccc1)N1CCCC(O)C1. The van der Waals surface area contributed by atoms with E-state index in [1.807, 2.05) is 18.2 Å². The van der Waals surface area contributed by atoms with Crippen LogP contribution in [0.3, 0.4) is 0 Å². The van der Waals surface area contributed by atoms with Crippen molar-refractivity contribution in [2.45, 2.75) is 31.4 Å². The highest BCUT2D eigenvalue weighted by Gasteiger charge is 2.26. The van der Waals surface area contributed by atoms with Gasteiger partial charge in [-0.25, -0.2) is 0 Å². The molecule has 1 aliphatic heterocycles. The zero-order chi connectivity index (χ0) is 13.0. The van der Waals surface area contributed by atoms with Crippen molar-refractivity contribution >= 4 is 5.84 Å². The molecule has 1 saturated heterocycles. The predicted octanol–water partition coefficient (Wildman–Crippen LogP) is 1.51. The predicted molar refractivity (Wildman–Crippen MR) is 72.5 cm³/mol. The van der Waals surface area contributed by atoms with Crippen molar-refractivity contribution in [1.29, 1.82) is 5.41 Å². The third-order valence-corrected chi connectivity index (χ3v) is 3.47. The van der Waals surface area contributed by atoms with Crippen molar-refractivity contribution in [2.75, 3.05) is 13.1 Å². The molecule has 0 bridgehead atoms. The van der Waals surface area contributed by atoms with Crippen LogP contribution in [0.1, 0.15) is 30.9 Å². The Labute approximate surface area is 108 Å². The quantitative estimate of drug-likeness (QED) is 0.558. The highest BCUT2D eigenvalue weighted by molar-refractivity contribution is 5.77. The molecule has 0 aromatic heterocycles. The smallest absolute Gasteiger partial charge is 0.0924 e. The molecule has 2 atom stereocenters. The molecule has 1 fully saturated rings.